The van der Waals surface area contributed by atoms with Crippen LogP contribution in [0.1, 0.15) is 48.1 Å². The second kappa shape index (κ2) is 7.70. The second-order valence-corrected chi connectivity index (χ2v) is 5.17. The van der Waals surface area contributed by atoms with Crippen molar-refractivity contribution in [3.63, 3.8) is 0 Å². The van der Waals surface area contributed by atoms with E-state index in [-0.39, 0.29) is 11.9 Å². The molecule has 1 aromatic heterocycles. The molecule has 0 spiro atoms. The molecular formula is C16H22N4O2. The molecule has 0 saturated carbocycles. The number of carbonyl (C=O) groups excluding carboxylic acids is 1. The number of ether oxygens (including phenoxy) is 1. The molecule has 0 radical (unpaired) electrons. The molecule has 1 N–H and O–H groups in total. The summed E-state index contributed by atoms with van der Waals surface area (Å²) in [6.07, 6.45) is 2.49. The van der Waals surface area contributed by atoms with Crippen LogP contribution < -0.4 is 5.32 Å². The molecule has 0 bridgehead atoms. The van der Waals surface area contributed by atoms with E-state index >= 15 is 0 Å². The molecular weight excluding hydrogens is 280 g/mol. The van der Waals surface area contributed by atoms with Crippen molar-refractivity contribution in [2.75, 3.05) is 7.11 Å². The normalized spacial score (nSPS) is 12.1. The molecule has 1 heterocycles. The quantitative estimate of drug-likeness (QED) is 0.852. The van der Waals surface area contributed by atoms with Gasteiger partial charge in [0.15, 0.2) is 0 Å². The first-order valence-corrected chi connectivity index (χ1v) is 7.42. The Morgan fingerprint density at radius 3 is 2.73 bits per heavy atom. The summed E-state index contributed by atoms with van der Waals surface area (Å²) >= 11 is 0. The summed E-state index contributed by atoms with van der Waals surface area (Å²) in [5, 5.41) is 7.13. The molecule has 0 aliphatic heterocycles. The van der Waals surface area contributed by atoms with Gasteiger partial charge in [-0.1, -0.05) is 19.1 Å². The average molecular weight is 302 g/mol. The van der Waals surface area contributed by atoms with Crippen molar-refractivity contribution in [2.45, 2.75) is 39.5 Å². The number of methoxy groups -OCH3 is 1. The van der Waals surface area contributed by atoms with Crippen molar-refractivity contribution in [1.29, 1.82) is 0 Å². The molecule has 22 heavy (non-hydrogen) atoms. The van der Waals surface area contributed by atoms with Gasteiger partial charge >= 0.3 is 0 Å². The van der Waals surface area contributed by atoms with E-state index in [1.54, 1.807) is 19.2 Å². The zero-order valence-corrected chi connectivity index (χ0v) is 13.2. The number of nitrogens with one attached hydrogen (secondary N) is 1. The van der Waals surface area contributed by atoms with Gasteiger partial charge in [0.1, 0.15) is 12.2 Å². The lowest BCUT2D eigenvalue weighted by molar-refractivity contribution is 0.0937. The molecule has 0 fully saturated rings. The number of amides is 1. The lowest BCUT2D eigenvalue weighted by atomic mass is 10.1. The standard InChI is InChI=1S/C16H22N4O2/c1-4-9-20-15(17-11-18-20)12(2)19-16(21)14-7-5-13(6-8-14)10-22-3/h5-8,11-12H,4,9-10H2,1-3H3,(H,19,21). The van der Waals surface area contributed by atoms with Crippen molar-refractivity contribution < 1.29 is 9.53 Å². The molecule has 1 atom stereocenters. The maximum Gasteiger partial charge on any atom is 0.251 e. The first kappa shape index (κ1) is 16.2. The van der Waals surface area contributed by atoms with Crippen LogP contribution in [0.3, 0.4) is 0 Å². The van der Waals surface area contributed by atoms with E-state index in [1.165, 1.54) is 6.33 Å². The number of benzene rings is 1. The number of hydrogen-bond donors (Lipinski definition) is 1. The number of aryl methyl sites for hydroxylation is 1. The van der Waals surface area contributed by atoms with Gasteiger partial charge in [-0.05, 0) is 31.0 Å². The van der Waals surface area contributed by atoms with Crippen LogP contribution in [0.2, 0.25) is 0 Å². The summed E-state index contributed by atoms with van der Waals surface area (Å²) in [6, 6.07) is 7.19. The van der Waals surface area contributed by atoms with Gasteiger partial charge in [0.05, 0.1) is 12.6 Å². The summed E-state index contributed by atoms with van der Waals surface area (Å²) in [7, 11) is 1.65. The SMILES string of the molecule is CCCn1ncnc1C(C)NC(=O)c1ccc(COC)cc1. The fourth-order valence-corrected chi connectivity index (χ4v) is 2.26. The second-order valence-electron chi connectivity index (χ2n) is 5.17. The first-order chi connectivity index (χ1) is 10.7. The Hall–Kier alpha value is -2.21. The summed E-state index contributed by atoms with van der Waals surface area (Å²) in [5.74, 6) is 0.647. The molecule has 6 heteroatoms. The van der Waals surface area contributed by atoms with Crippen LogP contribution in [0.25, 0.3) is 0 Å². The molecule has 1 unspecified atom stereocenters. The highest BCUT2D eigenvalue weighted by Gasteiger charge is 2.16. The Morgan fingerprint density at radius 2 is 2.09 bits per heavy atom. The number of carbonyl (C=O) groups is 1. The molecule has 118 valence electrons. The zero-order valence-electron chi connectivity index (χ0n) is 13.2. The van der Waals surface area contributed by atoms with Gasteiger partial charge in [-0.15, -0.1) is 0 Å². The summed E-state index contributed by atoms with van der Waals surface area (Å²) in [6.45, 7) is 5.32. The Kier molecular flexibility index (Phi) is 5.66. The minimum absolute atomic E-state index is 0.123. The molecule has 6 nitrogen and oxygen atoms in total. The summed E-state index contributed by atoms with van der Waals surface area (Å²) in [4.78, 5) is 16.5. The average Bonchev–Trinajstić information content (AvgIpc) is 2.97. The van der Waals surface area contributed by atoms with Crippen molar-refractivity contribution in [1.82, 2.24) is 20.1 Å². The lowest BCUT2D eigenvalue weighted by Crippen LogP contribution is -2.29. The topological polar surface area (TPSA) is 69.0 Å². The number of nitrogens with zero attached hydrogens (tertiary/aromatic N) is 3. The Bertz CT molecular complexity index is 607. The summed E-state index contributed by atoms with van der Waals surface area (Å²) in [5.41, 5.74) is 1.66. The molecule has 2 rings (SSSR count). The van der Waals surface area contributed by atoms with Gasteiger partial charge in [-0.25, -0.2) is 9.67 Å². The molecule has 0 saturated heterocycles. The van der Waals surface area contributed by atoms with Crippen LogP contribution in [0.15, 0.2) is 30.6 Å². The molecule has 0 aliphatic carbocycles. The van der Waals surface area contributed by atoms with Crippen molar-refractivity contribution in [3.05, 3.63) is 47.5 Å². The van der Waals surface area contributed by atoms with E-state index in [0.717, 1.165) is 24.4 Å². The maximum absolute atomic E-state index is 12.3. The van der Waals surface area contributed by atoms with Crippen LogP contribution in [-0.4, -0.2) is 27.8 Å². The van der Waals surface area contributed by atoms with Crippen LogP contribution in [0.5, 0.6) is 0 Å². The number of hydrogen-bond acceptors (Lipinski definition) is 4. The van der Waals surface area contributed by atoms with E-state index in [1.807, 2.05) is 23.7 Å². The highest BCUT2D eigenvalue weighted by molar-refractivity contribution is 5.94. The van der Waals surface area contributed by atoms with Gasteiger partial charge in [-0.2, -0.15) is 5.10 Å². The number of aromatic nitrogens is 3. The molecule has 1 amide bonds. The van der Waals surface area contributed by atoms with Gasteiger partial charge in [0.25, 0.3) is 5.91 Å². The third-order valence-electron chi connectivity index (χ3n) is 3.34. The maximum atomic E-state index is 12.3. The van der Waals surface area contributed by atoms with Crippen LogP contribution in [0, 0.1) is 0 Å². The molecule has 2 aromatic rings. The van der Waals surface area contributed by atoms with Gasteiger partial charge in [0, 0.05) is 19.2 Å². The smallest absolute Gasteiger partial charge is 0.251 e. The minimum Gasteiger partial charge on any atom is -0.380 e. The Morgan fingerprint density at radius 1 is 1.36 bits per heavy atom. The molecule has 1 aromatic carbocycles. The van der Waals surface area contributed by atoms with Gasteiger partial charge in [-0.3, -0.25) is 4.79 Å². The third-order valence-corrected chi connectivity index (χ3v) is 3.34. The van der Waals surface area contributed by atoms with E-state index < -0.39 is 0 Å². The van der Waals surface area contributed by atoms with Crippen LogP contribution in [-0.2, 0) is 17.9 Å². The van der Waals surface area contributed by atoms with Crippen LogP contribution >= 0.6 is 0 Å². The Labute approximate surface area is 130 Å². The monoisotopic (exact) mass is 302 g/mol. The fraction of sp³-hybridized carbons (Fsp3) is 0.438. The van der Waals surface area contributed by atoms with E-state index in [9.17, 15) is 4.79 Å². The van der Waals surface area contributed by atoms with Gasteiger partial charge in [0.2, 0.25) is 0 Å². The van der Waals surface area contributed by atoms with E-state index in [0.29, 0.717) is 12.2 Å². The first-order valence-electron chi connectivity index (χ1n) is 7.42. The van der Waals surface area contributed by atoms with Crippen LogP contribution in [0.4, 0.5) is 0 Å². The minimum atomic E-state index is -0.194. The van der Waals surface area contributed by atoms with Crippen molar-refractivity contribution >= 4 is 5.91 Å². The highest BCUT2D eigenvalue weighted by Crippen LogP contribution is 2.11. The van der Waals surface area contributed by atoms with E-state index in [4.69, 9.17) is 4.74 Å². The van der Waals surface area contributed by atoms with Crippen molar-refractivity contribution in [3.8, 4) is 0 Å². The zero-order chi connectivity index (χ0) is 15.9. The Balaban J connectivity index is 2.02. The predicted octanol–water partition coefficient (Wildman–Crippen LogP) is 2.33. The van der Waals surface area contributed by atoms with E-state index in [2.05, 4.69) is 22.3 Å². The van der Waals surface area contributed by atoms with Gasteiger partial charge < -0.3 is 10.1 Å². The predicted molar refractivity (Wildman–Crippen MR) is 83.3 cm³/mol. The fourth-order valence-electron chi connectivity index (χ4n) is 2.26. The summed E-state index contributed by atoms with van der Waals surface area (Å²) < 4.78 is 6.89. The molecule has 0 aliphatic rings. The lowest BCUT2D eigenvalue weighted by Gasteiger charge is -2.14. The number of rotatable bonds is 7. The highest BCUT2D eigenvalue weighted by atomic mass is 16.5. The largest absolute Gasteiger partial charge is 0.380 e. The third kappa shape index (κ3) is 3.92. The van der Waals surface area contributed by atoms with Crippen molar-refractivity contribution in [2.24, 2.45) is 0 Å².